The third kappa shape index (κ3) is 1.91. The highest BCUT2D eigenvalue weighted by Gasteiger charge is 2.02. The van der Waals surface area contributed by atoms with Crippen molar-refractivity contribution in [3.05, 3.63) is 48.2 Å². The molecule has 0 unspecified atom stereocenters. The molecule has 0 amide bonds. The first-order valence-electron chi connectivity index (χ1n) is 5.24. The van der Waals surface area contributed by atoms with Gasteiger partial charge in [0.25, 0.3) is 0 Å². The predicted octanol–water partition coefficient (Wildman–Crippen LogP) is 4.00. The zero-order valence-corrected chi connectivity index (χ0v) is 9.20. The molecule has 0 aliphatic carbocycles. The van der Waals surface area contributed by atoms with Crippen molar-refractivity contribution in [2.75, 3.05) is 0 Å². The van der Waals surface area contributed by atoms with Gasteiger partial charge in [-0.1, -0.05) is 44.7 Å². The summed E-state index contributed by atoms with van der Waals surface area (Å²) in [6.45, 7) is 8.08. The summed E-state index contributed by atoms with van der Waals surface area (Å²) in [5.41, 5.74) is 3.32. The Bertz CT molecular complexity index is 498. The van der Waals surface area contributed by atoms with Crippen LogP contribution in [0.4, 0.5) is 0 Å². The van der Waals surface area contributed by atoms with E-state index in [4.69, 9.17) is 0 Å². The molecule has 1 heterocycles. The van der Waals surface area contributed by atoms with Crippen molar-refractivity contribution in [2.24, 2.45) is 0 Å². The highest BCUT2D eigenvalue weighted by molar-refractivity contribution is 5.81. The van der Waals surface area contributed by atoms with E-state index in [2.05, 4.69) is 55.7 Å². The van der Waals surface area contributed by atoms with Crippen LogP contribution in [0.2, 0.25) is 0 Å². The zero-order chi connectivity index (χ0) is 10.8. The molecule has 0 N–H and O–H groups in total. The molecule has 0 fully saturated rings. The van der Waals surface area contributed by atoms with Crippen molar-refractivity contribution in [1.82, 2.24) is 4.98 Å². The number of rotatable bonds is 2. The second-order valence-electron chi connectivity index (χ2n) is 4.05. The molecule has 1 aromatic carbocycles. The molecule has 2 rings (SSSR count). The van der Waals surface area contributed by atoms with Gasteiger partial charge in [-0.05, 0) is 23.6 Å². The van der Waals surface area contributed by atoms with E-state index < -0.39 is 0 Å². The zero-order valence-electron chi connectivity index (χ0n) is 9.20. The molecule has 2 aromatic rings. The molecule has 1 nitrogen and oxygen atoms in total. The van der Waals surface area contributed by atoms with E-state index in [1.165, 1.54) is 5.39 Å². The summed E-state index contributed by atoms with van der Waals surface area (Å²) in [6, 6.07) is 10.5. The minimum absolute atomic E-state index is 0.474. The van der Waals surface area contributed by atoms with Gasteiger partial charge in [0, 0.05) is 11.1 Å². The average Bonchev–Trinajstić information content (AvgIpc) is 2.27. The van der Waals surface area contributed by atoms with Gasteiger partial charge >= 0.3 is 0 Å². The summed E-state index contributed by atoms with van der Waals surface area (Å²) in [5.74, 6) is 0.474. The van der Waals surface area contributed by atoms with Crippen LogP contribution in [0, 0.1) is 0 Å². The maximum Gasteiger partial charge on any atom is 0.0711 e. The Kier molecular flexibility index (Phi) is 2.55. The highest BCUT2D eigenvalue weighted by atomic mass is 14.7. The lowest BCUT2D eigenvalue weighted by molar-refractivity contribution is 0.830. The van der Waals surface area contributed by atoms with E-state index in [0.717, 1.165) is 16.8 Å². The molecule has 1 aromatic heterocycles. The molecule has 0 saturated heterocycles. The van der Waals surface area contributed by atoms with Gasteiger partial charge in [-0.3, -0.25) is 4.98 Å². The topological polar surface area (TPSA) is 12.9 Å². The molecule has 0 saturated carbocycles. The first-order valence-corrected chi connectivity index (χ1v) is 5.24. The minimum Gasteiger partial charge on any atom is -0.253 e. The van der Waals surface area contributed by atoms with Gasteiger partial charge in [0.15, 0.2) is 0 Å². The Hall–Kier alpha value is -1.63. The molecule has 0 atom stereocenters. The van der Waals surface area contributed by atoms with E-state index in [1.54, 1.807) is 0 Å². The Morgan fingerprint density at radius 1 is 1.20 bits per heavy atom. The van der Waals surface area contributed by atoms with E-state index in [-0.39, 0.29) is 0 Å². The number of aromatic nitrogens is 1. The number of hydrogen-bond donors (Lipinski definition) is 0. The fourth-order valence-electron chi connectivity index (χ4n) is 1.60. The highest BCUT2D eigenvalue weighted by Crippen LogP contribution is 2.19. The maximum absolute atomic E-state index is 4.64. The van der Waals surface area contributed by atoms with Crippen LogP contribution in [0.25, 0.3) is 17.0 Å². The molecule has 0 bridgehead atoms. The predicted molar refractivity (Wildman–Crippen MR) is 65.9 cm³/mol. The monoisotopic (exact) mass is 197 g/mol. The van der Waals surface area contributed by atoms with E-state index in [0.29, 0.717) is 5.92 Å². The molecular weight excluding hydrogens is 182 g/mol. The maximum atomic E-state index is 4.64. The van der Waals surface area contributed by atoms with Crippen molar-refractivity contribution in [2.45, 2.75) is 19.8 Å². The van der Waals surface area contributed by atoms with Gasteiger partial charge in [-0.15, -0.1) is 0 Å². The quantitative estimate of drug-likeness (QED) is 0.709. The van der Waals surface area contributed by atoms with Crippen LogP contribution in [-0.2, 0) is 0 Å². The van der Waals surface area contributed by atoms with Crippen LogP contribution in [0.15, 0.2) is 36.9 Å². The van der Waals surface area contributed by atoms with Crippen molar-refractivity contribution >= 4 is 17.0 Å². The van der Waals surface area contributed by atoms with Crippen LogP contribution >= 0.6 is 0 Å². The van der Waals surface area contributed by atoms with Gasteiger partial charge in [0.1, 0.15) is 0 Å². The number of pyridine rings is 1. The SMILES string of the molecule is C=Cc1ccc2ccc(C(C)C)nc2c1. The number of hydrogen-bond acceptors (Lipinski definition) is 1. The first-order chi connectivity index (χ1) is 7.20. The summed E-state index contributed by atoms with van der Waals surface area (Å²) in [7, 11) is 0. The lowest BCUT2D eigenvalue weighted by atomic mass is 10.1. The van der Waals surface area contributed by atoms with Crippen LogP contribution in [0.5, 0.6) is 0 Å². The lowest BCUT2D eigenvalue weighted by Gasteiger charge is -2.06. The van der Waals surface area contributed by atoms with Crippen LogP contribution in [0.1, 0.15) is 31.0 Å². The summed E-state index contributed by atoms with van der Waals surface area (Å²) in [5, 5.41) is 1.19. The van der Waals surface area contributed by atoms with Gasteiger partial charge < -0.3 is 0 Å². The van der Waals surface area contributed by atoms with E-state index >= 15 is 0 Å². The third-order valence-electron chi connectivity index (χ3n) is 2.56. The Labute approximate surface area is 90.5 Å². The number of benzene rings is 1. The Morgan fingerprint density at radius 2 is 1.93 bits per heavy atom. The number of fused-ring (bicyclic) bond motifs is 1. The van der Waals surface area contributed by atoms with Gasteiger partial charge in [0.2, 0.25) is 0 Å². The standard InChI is InChI=1S/C14H15N/c1-4-11-5-6-12-7-8-13(10(2)3)15-14(12)9-11/h4-10H,1H2,2-3H3. The van der Waals surface area contributed by atoms with Crippen LogP contribution in [0.3, 0.4) is 0 Å². The van der Waals surface area contributed by atoms with Crippen molar-refractivity contribution in [1.29, 1.82) is 0 Å². The van der Waals surface area contributed by atoms with Crippen LogP contribution in [-0.4, -0.2) is 4.98 Å². The van der Waals surface area contributed by atoms with E-state index in [1.807, 2.05) is 6.08 Å². The smallest absolute Gasteiger partial charge is 0.0711 e. The molecule has 76 valence electrons. The third-order valence-corrected chi connectivity index (χ3v) is 2.56. The average molecular weight is 197 g/mol. The summed E-state index contributed by atoms with van der Waals surface area (Å²) in [4.78, 5) is 4.64. The van der Waals surface area contributed by atoms with Crippen molar-refractivity contribution in [3.63, 3.8) is 0 Å². The molecule has 0 aliphatic rings. The normalized spacial score (nSPS) is 10.9. The summed E-state index contributed by atoms with van der Waals surface area (Å²) < 4.78 is 0. The Balaban J connectivity index is 2.62. The second-order valence-corrected chi connectivity index (χ2v) is 4.05. The Morgan fingerprint density at radius 3 is 2.60 bits per heavy atom. The molecule has 0 aliphatic heterocycles. The molecular formula is C14H15N. The molecule has 1 heteroatoms. The lowest BCUT2D eigenvalue weighted by Crippen LogP contribution is -1.92. The van der Waals surface area contributed by atoms with Gasteiger partial charge in [0.05, 0.1) is 5.52 Å². The van der Waals surface area contributed by atoms with Crippen molar-refractivity contribution in [3.8, 4) is 0 Å². The van der Waals surface area contributed by atoms with Gasteiger partial charge in [-0.2, -0.15) is 0 Å². The second kappa shape index (κ2) is 3.85. The van der Waals surface area contributed by atoms with Crippen molar-refractivity contribution < 1.29 is 0 Å². The first kappa shape index (κ1) is 9.91. The summed E-state index contributed by atoms with van der Waals surface area (Å²) in [6.07, 6.45) is 1.85. The van der Waals surface area contributed by atoms with Crippen LogP contribution < -0.4 is 0 Å². The minimum atomic E-state index is 0.474. The fourth-order valence-corrected chi connectivity index (χ4v) is 1.60. The van der Waals surface area contributed by atoms with Gasteiger partial charge in [-0.25, -0.2) is 0 Å². The molecule has 15 heavy (non-hydrogen) atoms. The summed E-state index contributed by atoms with van der Waals surface area (Å²) >= 11 is 0. The molecule has 0 radical (unpaired) electrons. The fraction of sp³-hybridized carbons (Fsp3) is 0.214. The molecule has 0 spiro atoms. The largest absolute Gasteiger partial charge is 0.253 e. The number of nitrogens with zero attached hydrogens (tertiary/aromatic N) is 1. The van der Waals surface area contributed by atoms with E-state index in [9.17, 15) is 0 Å².